The Morgan fingerprint density at radius 1 is 0.976 bits per heavy atom. The SMILES string of the molecule is O=C1N[S@+]([O-])[C@H]2CCCN(C2)C(=O)CC[C@@H]2CC[C@H]2CN2C[C@@]3(CCCc4cc(Cl)ccc43)COc3ccc1cc32. The normalized spacial score (nSPS) is 31.8. The second-order valence-corrected chi connectivity index (χ2v) is 14.7. The van der Waals surface area contributed by atoms with E-state index in [1.165, 1.54) is 11.1 Å². The smallest absolute Gasteiger partial charge is 0.292 e. The molecular weight excluding hydrogens is 558 g/mol. The molecule has 5 atom stereocenters. The van der Waals surface area contributed by atoms with E-state index in [1.54, 1.807) is 6.07 Å². The molecule has 3 heterocycles. The van der Waals surface area contributed by atoms with Gasteiger partial charge < -0.3 is 19.1 Å². The summed E-state index contributed by atoms with van der Waals surface area (Å²) in [4.78, 5) is 30.9. The van der Waals surface area contributed by atoms with Crippen LogP contribution in [0.5, 0.6) is 5.75 Å². The molecule has 2 aromatic carbocycles. The number of nitrogens with zero attached hydrogens (tertiary/aromatic N) is 2. The number of halogens is 1. The molecule has 1 N–H and O–H groups in total. The molecule has 0 radical (unpaired) electrons. The van der Waals surface area contributed by atoms with Crippen LogP contribution in [0, 0.1) is 11.8 Å². The van der Waals surface area contributed by atoms with Crippen molar-refractivity contribution < 1.29 is 18.9 Å². The van der Waals surface area contributed by atoms with Crippen LogP contribution in [0.2, 0.25) is 5.02 Å². The zero-order valence-corrected chi connectivity index (χ0v) is 25.0. The van der Waals surface area contributed by atoms with Crippen LogP contribution in [0.25, 0.3) is 0 Å². The van der Waals surface area contributed by atoms with Gasteiger partial charge in [-0.25, -0.2) is 0 Å². The molecule has 2 aromatic rings. The number of rotatable bonds is 0. The van der Waals surface area contributed by atoms with E-state index in [-0.39, 0.29) is 22.5 Å². The van der Waals surface area contributed by atoms with Gasteiger partial charge in [0.15, 0.2) is 5.25 Å². The van der Waals surface area contributed by atoms with Crippen molar-refractivity contribution in [1.29, 1.82) is 0 Å². The fraction of sp³-hybridized carbons (Fsp3) is 0.562. The number of benzene rings is 2. The highest BCUT2D eigenvalue weighted by Gasteiger charge is 2.44. The molecule has 0 aromatic heterocycles. The van der Waals surface area contributed by atoms with Crippen LogP contribution in [0.15, 0.2) is 36.4 Å². The highest BCUT2D eigenvalue weighted by molar-refractivity contribution is 7.90. The van der Waals surface area contributed by atoms with Gasteiger partial charge in [0, 0.05) is 48.5 Å². The van der Waals surface area contributed by atoms with Gasteiger partial charge >= 0.3 is 0 Å². The van der Waals surface area contributed by atoms with Gasteiger partial charge in [-0.15, -0.1) is 0 Å². The van der Waals surface area contributed by atoms with E-state index >= 15 is 0 Å². The molecule has 2 amide bonds. The number of hydrogen-bond acceptors (Lipinski definition) is 5. The molecular formula is C32H38ClN3O4S. The number of fused-ring (bicyclic) bond motifs is 6. The Kier molecular flexibility index (Phi) is 7.36. The quantitative estimate of drug-likeness (QED) is 0.433. The van der Waals surface area contributed by atoms with Gasteiger partial charge in [0.05, 0.1) is 30.2 Å². The topological polar surface area (TPSA) is 84.9 Å². The molecule has 7 rings (SSSR count). The number of aryl methyl sites for hydroxylation is 1. The zero-order chi connectivity index (χ0) is 28.1. The highest BCUT2D eigenvalue weighted by atomic mass is 35.5. The lowest BCUT2D eigenvalue weighted by Gasteiger charge is -2.45. The maximum Gasteiger partial charge on any atom is 0.292 e. The summed E-state index contributed by atoms with van der Waals surface area (Å²) in [5, 5.41) is 0.519. The van der Waals surface area contributed by atoms with Crippen LogP contribution in [0.4, 0.5) is 5.69 Å². The maximum atomic E-state index is 13.4. The highest BCUT2D eigenvalue weighted by Crippen LogP contribution is 2.47. The number of carbonyl (C=O) groups is 2. The summed E-state index contributed by atoms with van der Waals surface area (Å²) < 4.78 is 22.6. The Hall–Kier alpha value is -2.42. The van der Waals surface area contributed by atoms with Gasteiger partial charge in [-0.3, -0.25) is 9.59 Å². The minimum absolute atomic E-state index is 0.155. The Labute approximate surface area is 250 Å². The monoisotopic (exact) mass is 595 g/mol. The number of carbonyl (C=O) groups excluding carboxylic acids is 2. The largest absolute Gasteiger partial charge is 0.593 e. The molecule has 3 aliphatic heterocycles. The summed E-state index contributed by atoms with van der Waals surface area (Å²) in [7, 11) is 0. The van der Waals surface area contributed by atoms with Crippen molar-refractivity contribution >= 4 is 40.5 Å². The van der Waals surface area contributed by atoms with Gasteiger partial charge in [-0.2, -0.15) is 4.72 Å². The average Bonchev–Trinajstić information content (AvgIpc) is 3.11. The summed E-state index contributed by atoms with van der Waals surface area (Å²) in [5.41, 5.74) is 3.85. The summed E-state index contributed by atoms with van der Waals surface area (Å²) >= 11 is 4.84. The molecule has 41 heavy (non-hydrogen) atoms. The summed E-state index contributed by atoms with van der Waals surface area (Å²) in [6.07, 6.45) is 8.40. The van der Waals surface area contributed by atoms with E-state index in [1.807, 2.05) is 23.1 Å². The van der Waals surface area contributed by atoms with E-state index < -0.39 is 11.4 Å². The Morgan fingerprint density at radius 3 is 2.71 bits per heavy atom. The van der Waals surface area contributed by atoms with Crippen LogP contribution >= 0.6 is 11.6 Å². The van der Waals surface area contributed by atoms with Gasteiger partial charge in [0.2, 0.25) is 5.91 Å². The first-order valence-electron chi connectivity index (χ1n) is 15.2. The van der Waals surface area contributed by atoms with Gasteiger partial charge in [-0.05, 0) is 98.2 Å². The summed E-state index contributed by atoms with van der Waals surface area (Å²) in [6, 6.07) is 11.9. The van der Waals surface area contributed by atoms with Gasteiger partial charge in [0.1, 0.15) is 5.75 Å². The first-order chi connectivity index (χ1) is 19.9. The Balaban J connectivity index is 1.26. The van der Waals surface area contributed by atoms with Crippen LogP contribution in [-0.4, -0.2) is 59.3 Å². The number of ether oxygens (including phenoxy) is 1. The Bertz CT molecular complexity index is 1360. The predicted octanol–water partition coefficient (Wildman–Crippen LogP) is 5.02. The lowest BCUT2D eigenvalue weighted by Crippen LogP contribution is -2.50. The van der Waals surface area contributed by atoms with Crippen molar-refractivity contribution in [2.45, 2.75) is 68.5 Å². The molecule has 2 fully saturated rings. The molecule has 7 nitrogen and oxygen atoms in total. The molecule has 9 heteroatoms. The molecule has 5 aliphatic rings. The van der Waals surface area contributed by atoms with Crippen LogP contribution in [-0.2, 0) is 28.0 Å². The molecule has 1 saturated carbocycles. The summed E-state index contributed by atoms with van der Waals surface area (Å²) in [5.74, 6) is 1.60. The molecule has 1 saturated heterocycles. The zero-order valence-electron chi connectivity index (χ0n) is 23.4. The minimum Gasteiger partial charge on any atom is -0.593 e. The van der Waals surface area contributed by atoms with Crippen molar-refractivity contribution in [1.82, 2.24) is 9.62 Å². The van der Waals surface area contributed by atoms with E-state index in [9.17, 15) is 14.1 Å². The van der Waals surface area contributed by atoms with E-state index in [0.717, 1.165) is 80.9 Å². The predicted molar refractivity (Wildman–Crippen MR) is 161 cm³/mol. The third kappa shape index (κ3) is 5.21. The van der Waals surface area contributed by atoms with Crippen molar-refractivity contribution in [3.63, 3.8) is 0 Å². The number of piperidine rings is 1. The number of nitrogens with one attached hydrogen (secondary N) is 1. The number of hydrogen-bond donors (Lipinski definition) is 1. The lowest BCUT2D eigenvalue weighted by atomic mass is 9.69. The molecule has 4 bridgehead atoms. The third-order valence-electron chi connectivity index (χ3n) is 10.3. The minimum atomic E-state index is -1.57. The van der Waals surface area contributed by atoms with Crippen molar-refractivity contribution in [3.05, 3.63) is 58.1 Å². The average molecular weight is 596 g/mol. The lowest BCUT2D eigenvalue weighted by molar-refractivity contribution is -0.132. The number of amides is 2. The van der Waals surface area contributed by atoms with Crippen LogP contribution in [0.1, 0.15) is 72.9 Å². The first kappa shape index (κ1) is 27.4. The van der Waals surface area contributed by atoms with Crippen LogP contribution < -0.4 is 14.4 Å². The second-order valence-electron chi connectivity index (χ2n) is 12.8. The van der Waals surface area contributed by atoms with Crippen molar-refractivity contribution in [3.8, 4) is 5.75 Å². The maximum absolute atomic E-state index is 13.4. The fourth-order valence-corrected chi connectivity index (χ4v) is 9.19. The van der Waals surface area contributed by atoms with Crippen molar-refractivity contribution in [2.24, 2.45) is 11.8 Å². The van der Waals surface area contributed by atoms with Gasteiger partial charge in [0.25, 0.3) is 5.91 Å². The van der Waals surface area contributed by atoms with Gasteiger partial charge in [-0.1, -0.05) is 17.7 Å². The fourth-order valence-electron chi connectivity index (χ4n) is 7.84. The van der Waals surface area contributed by atoms with Crippen molar-refractivity contribution in [2.75, 3.05) is 37.7 Å². The summed E-state index contributed by atoms with van der Waals surface area (Å²) in [6.45, 7) is 3.38. The van der Waals surface area contributed by atoms with E-state index in [0.29, 0.717) is 43.5 Å². The molecule has 2 aliphatic carbocycles. The standard InChI is InChI=1S/C32H38ClN3O4S/c33-25-9-10-27-22(15-25)3-1-13-32(27)19-36-17-24-6-5-21(24)8-12-30(37)35-14-2-4-26(18-35)41(39)34-31(38)23-7-11-29(40-20-32)28(36)16-23/h7,9-11,15-16,21,24,26H,1-6,8,12-14,17-20H2,(H,34,38)/t21-,24-,26-,32-,41+/m0/s1. The Morgan fingerprint density at radius 2 is 1.85 bits per heavy atom. The van der Waals surface area contributed by atoms with E-state index in [2.05, 4.69) is 21.8 Å². The number of anilines is 1. The third-order valence-corrected chi connectivity index (χ3v) is 11.9. The second kappa shape index (κ2) is 11.0. The molecule has 1 spiro atoms. The first-order valence-corrected chi connectivity index (χ1v) is 16.8. The molecule has 218 valence electrons. The van der Waals surface area contributed by atoms with Crippen LogP contribution in [0.3, 0.4) is 0 Å². The van der Waals surface area contributed by atoms with E-state index in [4.69, 9.17) is 16.3 Å². The molecule has 0 unspecified atom stereocenters.